The Morgan fingerprint density at radius 3 is 2.40 bits per heavy atom. The van der Waals surface area contributed by atoms with Crippen LogP contribution in [0.5, 0.6) is 0 Å². The van der Waals surface area contributed by atoms with E-state index in [0.29, 0.717) is 19.0 Å². The van der Waals surface area contributed by atoms with E-state index >= 15 is 0 Å². The zero-order valence-corrected chi connectivity index (χ0v) is 15.5. The molecule has 1 aliphatic carbocycles. The van der Waals surface area contributed by atoms with Crippen molar-refractivity contribution >= 4 is 17.5 Å². The number of amides is 2. The van der Waals surface area contributed by atoms with Gasteiger partial charge in [-0.3, -0.25) is 9.59 Å². The lowest BCUT2D eigenvalue weighted by Gasteiger charge is -2.29. The minimum absolute atomic E-state index is 0.0547. The first-order chi connectivity index (χ1) is 12.1. The predicted octanol–water partition coefficient (Wildman–Crippen LogP) is 3.69. The Labute approximate surface area is 151 Å². The Balaban J connectivity index is 1.55. The van der Waals surface area contributed by atoms with Crippen LogP contribution < -0.4 is 10.2 Å². The number of carbonyl (C=O) groups excluding carboxylic acids is 2. The van der Waals surface area contributed by atoms with Gasteiger partial charge in [-0.05, 0) is 55.7 Å². The molecule has 0 bridgehead atoms. The van der Waals surface area contributed by atoms with E-state index in [1.807, 2.05) is 12.1 Å². The van der Waals surface area contributed by atoms with Crippen LogP contribution in [0, 0.1) is 11.8 Å². The summed E-state index contributed by atoms with van der Waals surface area (Å²) in [5.74, 6) is 0.713. The standard InChI is InChI=1S/C21H30N2O2/c1-3-15-5-9-18(10-6-15)22-21(25)17-13-20(24)23(14-17)19-11-7-16(4-2)8-12-19/h7-8,11-12,15,17-18H,3-6,9-10,13-14H2,1-2H3,(H,22,25)/t15?,17-,18?/m1/s1. The number of aryl methyl sites for hydroxylation is 1. The molecule has 0 aromatic heterocycles. The Kier molecular flexibility index (Phi) is 5.77. The van der Waals surface area contributed by atoms with Crippen molar-refractivity contribution in [3.63, 3.8) is 0 Å². The lowest BCUT2D eigenvalue weighted by molar-refractivity contribution is -0.127. The summed E-state index contributed by atoms with van der Waals surface area (Å²) in [5, 5.41) is 3.20. The van der Waals surface area contributed by atoms with Crippen molar-refractivity contribution in [2.45, 2.75) is 64.8 Å². The monoisotopic (exact) mass is 342 g/mol. The fourth-order valence-corrected chi connectivity index (χ4v) is 4.08. The number of hydrogen-bond acceptors (Lipinski definition) is 2. The van der Waals surface area contributed by atoms with Crippen molar-refractivity contribution in [3.8, 4) is 0 Å². The van der Waals surface area contributed by atoms with Crippen molar-refractivity contribution in [2.75, 3.05) is 11.4 Å². The highest BCUT2D eigenvalue weighted by Gasteiger charge is 2.36. The van der Waals surface area contributed by atoms with Crippen LogP contribution in [0.3, 0.4) is 0 Å². The van der Waals surface area contributed by atoms with Crippen LogP contribution in [0.1, 0.15) is 57.9 Å². The number of nitrogens with zero attached hydrogens (tertiary/aromatic N) is 1. The van der Waals surface area contributed by atoms with Gasteiger partial charge in [0.15, 0.2) is 0 Å². The normalized spacial score (nSPS) is 26.7. The number of anilines is 1. The lowest BCUT2D eigenvalue weighted by atomic mass is 9.84. The molecule has 2 amide bonds. The maximum Gasteiger partial charge on any atom is 0.227 e. The molecule has 3 rings (SSSR count). The quantitative estimate of drug-likeness (QED) is 0.887. The highest BCUT2D eigenvalue weighted by Crippen LogP contribution is 2.28. The molecule has 136 valence electrons. The fraction of sp³-hybridized carbons (Fsp3) is 0.619. The second-order valence-corrected chi connectivity index (χ2v) is 7.56. The first-order valence-corrected chi connectivity index (χ1v) is 9.80. The van der Waals surface area contributed by atoms with Gasteiger partial charge in [0, 0.05) is 24.7 Å². The smallest absolute Gasteiger partial charge is 0.227 e. The SMILES string of the molecule is CCc1ccc(N2C[C@H](C(=O)NC3CCC(CC)CC3)CC2=O)cc1. The molecule has 1 aliphatic heterocycles. The second-order valence-electron chi connectivity index (χ2n) is 7.56. The van der Waals surface area contributed by atoms with Crippen molar-refractivity contribution in [2.24, 2.45) is 11.8 Å². The van der Waals surface area contributed by atoms with Crippen molar-refractivity contribution < 1.29 is 9.59 Å². The third kappa shape index (κ3) is 4.23. The van der Waals surface area contributed by atoms with Crippen LogP contribution >= 0.6 is 0 Å². The summed E-state index contributed by atoms with van der Waals surface area (Å²) in [6.07, 6.45) is 7.12. The number of nitrogens with one attached hydrogen (secondary N) is 1. The molecule has 2 aliphatic rings. The molecule has 1 heterocycles. The minimum Gasteiger partial charge on any atom is -0.353 e. The molecule has 25 heavy (non-hydrogen) atoms. The average Bonchev–Trinajstić information content (AvgIpc) is 3.04. The number of benzene rings is 1. The molecule has 1 aromatic rings. The molecule has 4 heteroatoms. The summed E-state index contributed by atoms with van der Waals surface area (Å²) in [6.45, 7) is 4.86. The summed E-state index contributed by atoms with van der Waals surface area (Å²) in [6, 6.07) is 8.39. The molecule has 0 radical (unpaired) electrons. The van der Waals surface area contributed by atoms with E-state index in [4.69, 9.17) is 0 Å². The molecule has 0 spiro atoms. The van der Waals surface area contributed by atoms with E-state index in [9.17, 15) is 9.59 Å². The molecule has 1 N–H and O–H groups in total. The highest BCUT2D eigenvalue weighted by atomic mass is 16.2. The van der Waals surface area contributed by atoms with E-state index in [1.54, 1.807) is 4.90 Å². The number of hydrogen-bond donors (Lipinski definition) is 1. The number of carbonyl (C=O) groups is 2. The van der Waals surface area contributed by atoms with E-state index in [1.165, 1.54) is 24.8 Å². The van der Waals surface area contributed by atoms with Gasteiger partial charge in [0.05, 0.1) is 5.92 Å². The largest absolute Gasteiger partial charge is 0.353 e. The van der Waals surface area contributed by atoms with Gasteiger partial charge in [0.2, 0.25) is 11.8 Å². The van der Waals surface area contributed by atoms with Gasteiger partial charge in [-0.15, -0.1) is 0 Å². The average molecular weight is 342 g/mol. The van der Waals surface area contributed by atoms with Crippen LogP contribution in [0.4, 0.5) is 5.69 Å². The maximum absolute atomic E-state index is 12.6. The van der Waals surface area contributed by atoms with Crippen LogP contribution in [0.25, 0.3) is 0 Å². The van der Waals surface area contributed by atoms with Gasteiger partial charge in [0.1, 0.15) is 0 Å². The third-order valence-corrected chi connectivity index (χ3v) is 5.92. The van der Waals surface area contributed by atoms with E-state index in [-0.39, 0.29) is 17.7 Å². The molecule has 1 atom stereocenters. The van der Waals surface area contributed by atoms with Gasteiger partial charge in [0.25, 0.3) is 0 Å². The summed E-state index contributed by atoms with van der Waals surface area (Å²) < 4.78 is 0. The second kappa shape index (κ2) is 8.03. The summed E-state index contributed by atoms with van der Waals surface area (Å²) >= 11 is 0. The lowest BCUT2D eigenvalue weighted by Crippen LogP contribution is -2.41. The van der Waals surface area contributed by atoms with Gasteiger partial charge < -0.3 is 10.2 Å². The van der Waals surface area contributed by atoms with Gasteiger partial charge in [-0.25, -0.2) is 0 Å². The predicted molar refractivity (Wildman–Crippen MR) is 100 cm³/mol. The van der Waals surface area contributed by atoms with Crippen LogP contribution in [-0.4, -0.2) is 24.4 Å². The maximum atomic E-state index is 12.6. The van der Waals surface area contributed by atoms with Crippen LogP contribution in [0.2, 0.25) is 0 Å². The summed E-state index contributed by atoms with van der Waals surface area (Å²) in [4.78, 5) is 26.7. The molecular weight excluding hydrogens is 312 g/mol. The molecule has 2 fully saturated rings. The first kappa shape index (κ1) is 18.0. The van der Waals surface area contributed by atoms with Crippen molar-refractivity contribution in [1.82, 2.24) is 5.32 Å². The van der Waals surface area contributed by atoms with E-state index in [2.05, 4.69) is 31.3 Å². The zero-order chi connectivity index (χ0) is 17.8. The van der Waals surface area contributed by atoms with Gasteiger partial charge in [-0.1, -0.05) is 32.4 Å². The first-order valence-electron chi connectivity index (χ1n) is 9.80. The van der Waals surface area contributed by atoms with Gasteiger partial charge >= 0.3 is 0 Å². The summed E-state index contributed by atoms with van der Waals surface area (Å²) in [5.41, 5.74) is 2.16. The highest BCUT2D eigenvalue weighted by molar-refractivity contribution is 6.00. The molecule has 4 nitrogen and oxygen atoms in total. The topological polar surface area (TPSA) is 49.4 Å². The van der Waals surface area contributed by atoms with E-state index in [0.717, 1.165) is 30.9 Å². The van der Waals surface area contributed by atoms with Crippen molar-refractivity contribution in [3.05, 3.63) is 29.8 Å². The fourth-order valence-electron chi connectivity index (χ4n) is 4.08. The van der Waals surface area contributed by atoms with Crippen LogP contribution in [-0.2, 0) is 16.0 Å². The third-order valence-electron chi connectivity index (χ3n) is 5.92. The molecule has 1 saturated carbocycles. The molecule has 0 unspecified atom stereocenters. The Hall–Kier alpha value is -1.84. The Morgan fingerprint density at radius 2 is 1.80 bits per heavy atom. The Bertz CT molecular complexity index is 603. The minimum atomic E-state index is -0.220. The molecule has 1 saturated heterocycles. The zero-order valence-electron chi connectivity index (χ0n) is 15.5. The van der Waals surface area contributed by atoms with Crippen LogP contribution in [0.15, 0.2) is 24.3 Å². The Morgan fingerprint density at radius 1 is 1.12 bits per heavy atom. The van der Waals surface area contributed by atoms with Gasteiger partial charge in [-0.2, -0.15) is 0 Å². The molecule has 1 aromatic carbocycles. The van der Waals surface area contributed by atoms with E-state index < -0.39 is 0 Å². The number of rotatable bonds is 5. The van der Waals surface area contributed by atoms with Crippen molar-refractivity contribution in [1.29, 1.82) is 0 Å². The molecular formula is C21H30N2O2. The summed E-state index contributed by atoms with van der Waals surface area (Å²) in [7, 11) is 0.